The van der Waals surface area contributed by atoms with Crippen molar-refractivity contribution in [3.63, 3.8) is 0 Å². The van der Waals surface area contributed by atoms with Crippen LogP contribution in [0.25, 0.3) is 0 Å². The predicted octanol–water partition coefficient (Wildman–Crippen LogP) is 2.89. The maximum atomic E-state index is 12.8. The topological polar surface area (TPSA) is 88.2 Å². The van der Waals surface area contributed by atoms with Crippen LogP contribution in [0.2, 0.25) is 10.0 Å². The molecule has 1 amide bonds. The fraction of sp³-hybridized carbons (Fsp3) is 0.381. The Labute approximate surface area is 198 Å². The zero-order valence-corrected chi connectivity index (χ0v) is 20.1. The van der Waals surface area contributed by atoms with Gasteiger partial charge < -0.3 is 19.3 Å². The molecule has 3 rings (SSSR count). The van der Waals surface area contributed by atoms with Gasteiger partial charge in [0.15, 0.2) is 0 Å². The van der Waals surface area contributed by atoms with Crippen LogP contribution < -0.4 is 14.4 Å². The van der Waals surface area contributed by atoms with E-state index in [0.29, 0.717) is 53.2 Å². The lowest BCUT2D eigenvalue weighted by atomic mass is 10.1. The number of amides is 1. The second-order valence-electron chi connectivity index (χ2n) is 7.16. The van der Waals surface area contributed by atoms with Gasteiger partial charge in [-0.05, 0) is 36.4 Å². The predicted molar refractivity (Wildman–Crippen MR) is 125 cm³/mol. The van der Waals surface area contributed by atoms with E-state index in [1.165, 1.54) is 20.3 Å². The normalized spacial score (nSPS) is 14.5. The Hall–Kier alpha value is -2.04. The van der Waals surface area contributed by atoms with E-state index < -0.39 is 10.0 Å². The summed E-state index contributed by atoms with van der Waals surface area (Å²) in [6.45, 7) is 2.38. The number of anilines is 1. The molecule has 174 valence electrons. The van der Waals surface area contributed by atoms with Gasteiger partial charge in [-0.3, -0.25) is 4.79 Å². The average Bonchev–Trinajstić information content (AvgIpc) is 2.77. The molecule has 0 atom stereocenters. The first-order valence-corrected chi connectivity index (χ1v) is 12.2. The molecule has 0 spiro atoms. The third-order valence-electron chi connectivity index (χ3n) is 5.08. The second-order valence-corrected chi connectivity index (χ2v) is 9.80. The standard InChI is InChI=1S/C21H25Cl2N3O5S/c1-30-10-5-24-32(28,29)18-3-4-20(31-2)19(14-18)25-6-8-26(9-7-25)21(27)15-11-16(22)13-17(23)12-15/h3-4,11-14,24H,5-10H2,1-2H3. The van der Waals surface area contributed by atoms with Crippen LogP contribution in [0.1, 0.15) is 10.4 Å². The van der Waals surface area contributed by atoms with Crippen LogP contribution in [0.3, 0.4) is 0 Å². The minimum absolute atomic E-state index is 0.136. The first-order valence-electron chi connectivity index (χ1n) is 9.92. The van der Waals surface area contributed by atoms with E-state index in [0.717, 1.165) is 0 Å². The largest absolute Gasteiger partial charge is 0.495 e. The number of rotatable bonds is 8. The van der Waals surface area contributed by atoms with Gasteiger partial charge in [-0.15, -0.1) is 0 Å². The Balaban J connectivity index is 1.74. The number of piperazine rings is 1. The van der Waals surface area contributed by atoms with Crippen molar-refractivity contribution in [3.8, 4) is 5.75 Å². The number of hydrogen-bond acceptors (Lipinski definition) is 6. The maximum absolute atomic E-state index is 12.8. The number of carbonyl (C=O) groups is 1. The van der Waals surface area contributed by atoms with Gasteiger partial charge in [-0.25, -0.2) is 13.1 Å². The van der Waals surface area contributed by atoms with Gasteiger partial charge in [-0.2, -0.15) is 0 Å². The summed E-state index contributed by atoms with van der Waals surface area (Å²) in [5.41, 5.74) is 1.09. The molecule has 0 saturated carbocycles. The molecule has 1 aliphatic rings. The number of halogens is 2. The summed E-state index contributed by atoms with van der Waals surface area (Å²) in [5.74, 6) is 0.405. The second kappa shape index (κ2) is 10.7. The van der Waals surface area contributed by atoms with E-state index in [1.807, 2.05) is 4.90 Å². The third-order valence-corrected chi connectivity index (χ3v) is 6.97. The number of nitrogens with zero attached hydrogens (tertiary/aromatic N) is 2. The van der Waals surface area contributed by atoms with Crippen LogP contribution >= 0.6 is 23.2 Å². The van der Waals surface area contributed by atoms with Gasteiger partial charge in [0, 0.05) is 55.4 Å². The molecule has 32 heavy (non-hydrogen) atoms. The molecule has 0 radical (unpaired) electrons. The summed E-state index contributed by atoms with van der Waals surface area (Å²) in [7, 11) is -0.649. The van der Waals surface area contributed by atoms with Crippen LogP contribution in [0.4, 0.5) is 5.69 Å². The van der Waals surface area contributed by atoms with Crippen molar-refractivity contribution < 1.29 is 22.7 Å². The molecule has 0 aromatic heterocycles. The highest BCUT2D eigenvalue weighted by Crippen LogP contribution is 2.32. The first-order chi connectivity index (χ1) is 15.2. The SMILES string of the molecule is COCCNS(=O)(=O)c1ccc(OC)c(N2CCN(C(=O)c3cc(Cl)cc(Cl)c3)CC2)c1. The summed E-state index contributed by atoms with van der Waals surface area (Å²) >= 11 is 12.0. The quantitative estimate of drug-likeness (QED) is 0.559. The average molecular weight is 502 g/mol. The smallest absolute Gasteiger partial charge is 0.254 e. The van der Waals surface area contributed by atoms with Gasteiger partial charge in [0.25, 0.3) is 5.91 Å². The van der Waals surface area contributed by atoms with Crippen molar-refractivity contribution in [1.82, 2.24) is 9.62 Å². The van der Waals surface area contributed by atoms with E-state index in [2.05, 4.69) is 4.72 Å². The number of methoxy groups -OCH3 is 2. The van der Waals surface area contributed by atoms with Gasteiger partial charge in [0.1, 0.15) is 5.75 Å². The lowest BCUT2D eigenvalue weighted by Gasteiger charge is -2.36. The number of hydrogen-bond donors (Lipinski definition) is 1. The van der Waals surface area contributed by atoms with Crippen LogP contribution in [0.15, 0.2) is 41.3 Å². The Morgan fingerprint density at radius 2 is 1.69 bits per heavy atom. The Morgan fingerprint density at radius 3 is 2.28 bits per heavy atom. The van der Waals surface area contributed by atoms with E-state index in [9.17, 15) is 13.2 Å². The molecule has 1 saturated heterocycles. The van der Waals surface area contributed by atoms with Crippen molar-refractivity contribution in [2.75, 3.05) is 58.5 Å². The molecule has 8 nitrogen and oxygen atoms in total. The highest BCUT2D eigenvalue weighted by molar-refractivity contribution is 7.89. The van der Waals surface area contributed by atoms with Crippen LogP contribution in [-0.4, -0.2) is 72.8 Å². The lowest BCUT2D eigenvalue weighted by molar-refractivity contribution is 0.0746. The number of carbonyl (C=O) groups excluding carboxylic acids is 1. The molecular weight excluding hydrogens is 477 g/mol. The van der Waals surface area contributed by atoms with Crippen molar-refractivity contribution in [1.29, 1.82) is 0 Å². The molecular formula is C21H25Cl2N3O5S. The highest BCUT2D eigenvalue weighted by atomic mass is 35.5. The first kappa shape index (κ1) is 24.6. The van der Waals surface area contributed by atoms with E-state index in [4.69, 9.17) is 32.7 Å². The molecule has 0 unspecified atom stereocenters. The van der Waals surface area contributed by atoms with Crippen molar-refractivity contribution in [2.24, 2.45) is 0 Å². The minimum Gasteiger partial charge on any atom is -0.495 e. The van der Waals surface area contributed by atoms with Crippen LogP contribution in [-0.2, 0) is 14.8 Å². The molecule has 1 heterocycles. The Morgan fingerprint density at radius 1 is 1.03 bits per heavy atom. The maximum Gasteiger partial charge on any atom is 0.254 e. The number of sulfonamides is 1. The monoisotopic (exact) mass is 501 g/mol. The number of benzene rings is 2. The minimum atomic E-state index is -3.69. The van der Waals surface area contributed by atoms with Crippen molar-refractivity contribution in [2.45, 2.75) is 4.90 Å². The van der Waals surface area contributed by atoms with E-state index in [1.54, 1.807) is 35.2 Å². The van der Waals surface area contributed by atoms with Gasteiger partial charge in [0.2, 0.25) is 10.0 Å². The van der Waals surface area contributed by atoms with Crippen LogP contribution in [0, 0.1) is 0 Å². The zero-order valence-electron chi connectivity index (χ0n) is 17.8. The highest BCUT2D eigenvalue weighted by Gasteiger charge is 2.26. The molecule has 2 aromatic carbocycles. The number of nitrogens with one attached hydrogen (secondary N) is 1. The summed E-state index contributed by atoms with van der Waals surface area (Å²) in [4.78, 5) is 16.7. The summed E-state index contributed by atoms with van der Waals surface area (Å²) in [6.07, 6.45) is 0. The van der Waals surface area contributed by atoms with Crippen molar-refractivity contribution in [3.05, 3.63) is 52.0 Å². The molecule has 1 aliphatic heterocycles. The third kappa shape index (κ3) is 5.85. The summed E-state index contributed by atoms with van der Waals surface area (Å²) in [5, 5.41) is 0.808. The van der Waals surface area contributed by atoms with Gasteiger partial charge in [-0.1, -0.05) is 23.2 Å². The molecule has 1 N–H and O–H groups in total. The van der Waals surface area contributed by atoms with Crippen molar-refractivity contribution >= 4 is 44.8 Å². The fourth-order valence-corrected chi connectivity index (χ4v) is 5.01. The van der Waals surface area contributed by atoms with Gasteiger partial charge >= 0.3 is 0 Å². The van der Waals surface area contributed by atoms with Crippen LogP contribution in [0.5, 0.6) is 5.75 Å². The Kier molecular flexibility index (Phi) is 8.24. The summed E-state index contributed by atoms with van der Waals surface area (Å²) in [6, 6.07) is 9.48. The molecule has 11 heteroatoms. The molecule has 0 bridgehead atoms. The summed E-state index contributed by atoms with van der Waals surface area (Å²) < 4.78 is 38.0. The Bertz CT molecular complexity index is 1050. The van der Waals surface area contributed by atoms with E-state index in [-0.39, 0.29) is 24.0 Å². The lowest BCUT2D eigenvalue weighted by Crippen LogP contribution is -2.49. The molecule has 1 fully saturated rings. The molecule has 0 aliphatic carbocycles. The van der Waals surface area contributed by atoms with Gasteiger partial charge in [0.05, 0.1) is 24.3 Å². The zero-order chi connectivity index (χ0) is 23.3. The van der Waals surface area contributed by atoms with E-state index >= 15 is 0 Å². The number of ether oxygens (including phenoxy) is 2. The fourth-order valence-electron chi connectivity index (χ4n) is 3.46. The molecule has 2 aromatic rings.